The van der Waals surface area contributed by atoms with Crippen molar-refractivity contribution >= 4 is 17.6 Å². The summed E-state index contributed by atoms with van der Waals surface area (Å²) in [5.41, 5.74) is 7.34. The van der Waals surface area contributed by atoms with Gasteiger partial charge in [-0.25, -0.2) is 4.79 Å². The lowest BCUT2D eigenvalue weighted by Gasteiger charge is -2.32. The summed E-state index contributed by atoms with van der Waals surface area (Å²) in [5, 5.41) is 12.5. The Hall–Kier alpha value is -4.12. The molecule has 0 saturated heterocycles. The summed E-state index contributed by atoms with van der Waals surface area (Å²) in [4.78, 5) is 26.7. The summed E-state index contributed by atoms with van der Waals surface area (Å²) >= 11 is 0. The van der Waals surface area contributed by atoms with Crippen molar-refractivity contribution in [1.29, 1.82) is 0 Å². The molecule has 0 bridgehead atoms. The molecule has 5 rings (SSSR count). The maximum absolute atomic E-state index is 12.7. The van der Waals surface area contributed by atoms with Gasteiger partial charge in [0.25, 0.3) is 5.91 Å². The Bertz CT molecular complexity index is 1340. The van der Waals surface area contributed by atoms with Crippen LogP contribution in [0.25, 0.3) is 11.1 Å². The first-order chi connectivity index (χ1) is 17.6. The Morgan fingerprint density at radius 1 is 0.972 bits per heavy atom. The number of nitrogens with zero attached hydrogens (tertiary/aromatic N) is 1. The Labute approximate surface area is 211 Å². The number of hydrogen-bond donors (Lipinski definition) is 2. The van der Waals surface area contributed by atoms with E-state index in [1.54, 1.807) is 12.1 Å². The number of allylic oxidation sites excluding steroid dienone is 2. The molecule has 5 nitrogen and oxygen atoms in total. The molecule has 36 heavy (non-hydrogen) atoms. The Balaban J connectivity index is 1.27. The van der Waals surface area contributed by atoms with Crippen LogP contribution in [0.4, 0.5) is 5.69 Å². The highest BCUT2D eigenvalue weighted by Gasteiger charge is 2.19. The number of aromatic carboxylic acids is 1. The molecule has 0 saturated carbocycles. The minimum atomic E-state index is -0.921. The molecule has 0 radical (unpaired) electrons. The van der Waals surface area contributed by atoms with Crippen LogP contribution in [0.1, 0.15) is 51.1 Å². The second-order valence-corrected chi connectivity index (χ2v) is 9.36. The number of aryl methyl sites for hydroxylation is 1. The molecule has 182 valence electrons. The van der Waals surface area contributed by atoms with Gasteiger partial charge in [0.15, 0.2) is 0 Å². The van der Waals surface area contributed by atoms with Crippen LogP contribution in [0.2, 0.25) is 0 Å². The highest BCUT2D eigenvalue weighted by atomic mass is 16.4. The van der Waals surface area contributed by atoms with Crippen molar-refractivity contribution in [2.75, 3.05) is 18.0 Å². The number of benzene rings is 3. The normalized spacial score (nSPS) is 14.7. The van der Waals surface area contributed by atoms with Gasteiger partial charge in [-0.3, -0.25) is 4.79 Å². The number of amides is 1. The first-order valence-corrected chi connectivity index (χ1v) is 12.5. The molecular weight excluding hydrogens is 448 g/mol. The predicted octanol–water partition coefficient (Wildman–Crippen LogP) is 6.01. The molecular formula is C31H30N2O3. The van der Waals surface area contributed by atoms with Gasteiger partial charge in [-0.05, 0) is 77.8 Å². The van der Waals surface area contributed by atoms with Crippen LogP contribution in [-0.2, 0) is 13.0 Å². The number of carboxylic acids is 1. The van der Waals surface area contributed by atoms with Crippen molar-refractivity contribution in [3.05, 3.63) is 113 Å². The summed E-state index contributed by atoms with van der Waals surface area (Å²) in [5.74, 6) is -0.956. The molecule has 1 aliphatic carbocycles. The van der Waals surface area contributed by atoms with Crippen LogP contribution in [0.5, 0.6) is 0 Å². The molecule has 2 aliphatic rings. The van der Waals surface area contributed by atoms with Crippen molar-refractivity contribution in [2.24, 2.45) is 0 Å². The average Bonchev–Trinajstić information content (AvgIpc) is 2.92. The van der Waals surface area contributed by atoms with Gasteiger partial charge in [-0.15, -0.1) is 0 Å². The summed E-state index contributed by atoms with van der Waals surface area (Å²) in [6.07, 6.45) is 10.5. The zero-order chi connectivity index (χ0) is 24.9. The molecule has 0 fully saturated rings. The molecule has 1 heterocycles. The van der Waals surface area contributed by atoms with E-state index in [0.717, 1.165) is 61.0 Å². The number of anilines is 1. The smallest absolute Gasteiger partial charge is 0.336 e. The molecule has 2 N–H and O–H groups in total. The zero-order valence-corrected chi connectivity index (χ0v) is 20.2. The maximum Gasteiger partial charge on any atom is 0.336 e. The molecule has 0 atom stereocenters. The third-order valence-electron chi connectivity index (χ3n) is 6.88. The van der Waals surface area contributed by atoms with E-state index in [1.807, 2.05) is 36.4 Å². The summed E-state index contributed by atoms with van der Waals surface area (Å²) in [6, 6.07) is 21.2. The number of nitrogens with one attached hydrogen (secondary N) is 1. The Morgan fingerprint density at radius 3 is 2.58 bits per heavy atom. The van der Waals surface area contributed by atoms with Gasteiger partial charge in [-0.1, -0.05) is 60.7 Å². The minimum Gasteiger partial charge on any atom is -0.478 e. The SMILES string of the molecule is O=C(NCC1=CCCC=C1)c1ccc2c(c1)CCCN2Cc1ccc(-c2ccccc2C(=O)O)cc1. The number of carbonyl (C=O) groups is 2. The first-order valence-electron chi connectivity index (χ1n) is 12.5. The highest BCUT2D eigenvalue weighted by Crippen LogP contribution is 2.30. The quantitative estimate of drug-likeness (QED) is 0.436. The average molecular weight is 479 g/mol. The van der Waals surface area contributed by atoms with E-state index in [-0.39, 0.29) is 5.91 Å². The molecule has 0 unspecified atom stereocenters. The standard InChI is InChI=1S/C31H30N2O3/c34-30(32-20-22-7-2-1-3-8-22)26-16-17-29-25(19-26)9-6-18-33(29)21-23-12-14-24(15-13-23)27-10-4-5-11-28(27)31(35)36/h2,4-5,7-8,10-17,19H,1,3,6,9,18,20-21H2,(H,32,34)(H,35,36). The van der Waals surface area contributed by atoms with Crippen molar-refractivity contribution in [1.82, 2.24) is 5.32 Å². The van der Waals surface area contributed by atoms with Crippen LogP contribution >= 0.6 is 0 Å². The largest absolute Gasteiger partial charge is 0.478 e. The van der Waals surface area contributed by atoms with Crippen molar-refractivity contribution < 1.29 is 14.7 Å². The molecule has 3 aromatic carbocycles. The zero-order valence-electron chi connectivity index (χ0n) is 20.2. The summed E-state index contributed by atoms with van der Waals surface area (Å²) in [6.45, 7) is 2.29. The second-order valence-electron chi connectivity index (χ2n) is 9.36. The second kappa shape index (κ2) is 10.6. The van der Waals surface area contributed by atoms with Crippen LogP contribution < -0.4 is 10.2 Å². The topological polar surface area (TPSA) is 69.6 Å². The van der Waals surface area contributed by atoms with Gasteiger partial charge in [0.2, 0.25) is 0 Å². The number of carboxylic acid groups (broad SMARTS) is 1. The number of rotatable bonds is 7. The van der Waals surface area contributed by atoms with E-state index >= 15 is 0 Å². The lowest BCUT2D eigenvalue weighted by atomic mass is 9.97. The van der Waals surface area contributed by atoms with E-state index in [4.69, 9.17) is 0 Å². The summed E-state index contributed by atoms with van der Waals surface area (Å²) in [7, 11) is 0. The van der Waals surface area contributed by atoms with Crippen LogP contribution in [0.3, 0.4) is 0 Å². The van der Waals surface area contributed by atoms with Crippen LogP contribution in [0, 0.1) is 0 Å². The Kier molecular flexibility index (Phi) is 6.99. The number of carbonyl (C=O) groups excluding carboxylic acids is 1. The van der Waals surface area contributed by atoms with E-state index in [9.17, 15) is 14.7 Å². The summed E-state index contributed by atoms with van der Waals surface area (Å²) < 4.78 is 0. The third-order valence-corrected chi connectivity index (χ3v) is 6.88. The van der Waals surface area contributed by atoms with E-state index in [2.05, 4.69) is 46.6 Å². The lowest BCUT2D eigenvalue weighted by molar-refractivity contribution is 0.0697. The van der Waals surface area contributed by atoms with Crippen LogP contribution in [-0.4, -0.2) is 30.1 Å². The van der Waals surface area contributed by atoms with Gasteiger partial charge in [0.1, 0.15) is 0 Å². The molecule has 1 amide bonds. The van der Waals surface area contributed by atoms with Crippen molar-refractivity contribution in [3.8, 4) is 11.1 Å². The van der Waals surface area contributed by atoms with Gasteiger partial charge in [0.05, 0.1) is 5.56 Å². The maximum atomic E-state index is 12.7. The van der Waals surface area contributed by atoms with Gasteiger partial charge in [-0.2, -0.15) is 0 Å². The van der Waals surface area contributed by atoms with E-state index in [0.29, 0.717) is 17.7 Å². The monoisotopic (exact) mass is 478 g/mol. The van der Waals surface area contributed by atoms with E-state index in [1.165, 1.54) is 11.3 Å². The number of fused-ring (bicyclic) bond motifs is 1. The van der Waals surface area contributed by atoms with Gasteiger partial charge in [0, 0.05) is 30.9 Å². The molecule has 0 aromatic heterocycles. The molecule has 1 aliphatic heterocycles. The highest BCUT2D eigenvalue weighted by molar-refractivity contribution is 5.96. The van der Waals surface area contributed by atoms with Gasteiger partial charge >= 0.3 is 5.97 Å². The lowest BCUT2D eigenvalue weighted by Crippen LogP contribution is -2.30. The third kappa shape index (κ3) is 5.25. The fourth-order valence-electron chi connectivity index (χ4n) is 5.00. The van der Waals surface area contributed by atoms with Gasteiger partial charge < -0.3 is 15.3 Å². The van der Waals surface area contributed by atoms with E-state index < -0.39 is 5.97 Å². The molecule has 0 spiro atoms. The van der Waals surface area contributed by atoms with Crippen molar-refractivity contribution in [3.63, 3.8) is 0 Å². The van der Waals surface area contributed by atoms with Crippen molar-refractivity contribution in [2.45, 2.75) is 32.2 Å². The number of hydrogen-bond acceptors (Lipinski definition) is 3. The Morgan fingerprint density at radius 2 is 1.81 bits per heavy atom. The van der Waals surface area contributed by atoms with Crippen LogP contribution in [0.15, 0.2) is 90.5 Å². The minimum absolute atomic E-state index is 0.0352. The fraction of sp³-hybridized carbons (Fsp3) is 0.226. The predicted molar refractivity (Wildman–Crippen MR) is 143 cm³/mol. The molecule has 5 heteroatoms. The fourth-order valence-corrected chi connectivity index (χ4v) is 5.00. The molecule has 3 aromatic rings. The first kappa shape index (κ1) is 23.6.